The Hall–Kier alpha value is -2.36. The molecule has 0 amide bonds. The number of pyridine rings is 2. The van der Waals surface area contributed by atoms with Gasteiger partial charge in [-0.1, -0.05) is 31.4 Å². The second-order valence-corrected chi connectivity index (χ2v) is 7.98. The zero-order chi connectivity index (χ0) is 17.8. The molecule has 0 spiro atoms. The molecule has 134 valence electrons. The topological polar surface area (TPSA) is 44.0 Å². The second kappa shape index (κ2) is 5.83. The van der Waals surface area contributed by atoms with Gasteiger partial charge in [0.05, 0.1) is 11.0 Å². The normalized spacial score (nSPS) is 18.7. The van der Waals surface area contributed by atoms with Gasteiger partial charge in [0.15, 0.2) is 0 Å². The second-order valence-electron chi connectivity index (χ2n) is 7.98. The molecule has 2 fully saturated rings. The first kappa shape index (κ1) is 15.9. The summed E-state index contributed by atoms with van der Waals surface area (Å²) in [5.74, 6) is 0.467. The molecule has 0 radical (unpaired) electrons. The first-order chi connectivity index (χ1) is 12.7. The van der Waals surface area contributed by atoms with Gasteiger partial charge in [0, 0.05) is 24.2 Å². The Bertz CT molecular complexity index is 1130. The van der Waals surface area contributed by atoms with Crippen LogP contribution in [0.25, 0.3) is 21.8 Å². The summed E-state index contributed by atoms with van der Waals surface area (Å²) < 4.78 is 4.03. The fraction of sp³-hybridized carbons (Fsp3) is 0.455. The zero-order valence-electron chi connectivity index (χ0n) is 15.2. The van der Waals surface area contributed by atoms with Crippen molar-refractivity contribution in [2.75, 3.05) is 0 Å². The van der Waals surface area contributed by atoms with E-state index in [1.807, 2.05) is 40.4 Å². The molecule has 0 bridgehead atoms. The van der Waals surface area contributed by atoms with E-state index in [-0.39, 0.29) is 17.0 Å². The lowest BCUT2D eigenvalue weighted by Gasteiger charge is -2.31. The summed E-state index contributed by atoms with van der Waals surface area (Å²) in [5.41, 5.74) is 2.65. The largest absolute Gasteiger partial charge is 0.343 e. The Kier molecular flexibility index (Phi) is 3.56. The third-order valence-corrected chi connectivity index (χ3v) is 6.56. The molecule has 2 saturated carbocycles. The third kappa shape index (κ3) is 2.14. The maximum atomic E-state index is 13.5. The smallest absolute Gasteiger partial charge is 0.264 e. The van der Waals surface area contributed by atoms with Crippen molar-refractivity contribution in [2.45, 2.75) is 56.9 Å². The molecule has 2 aromatic heterocycles. The number of aromatic nitrogens is 2. The van der Waals surface area contributed by atoms with Crippen molar-refractivity contribution in [3.8, 4) is 0 Å². The van der Waals surface area contributed by atoms with Gasteiger partial charge in [-0.2, -0.15) is 0 Å². The van der Waals surface area contributed by atoms with Gasteiger partial charge in [0.2, 0.25) is 5.43 Å². The predicted octanol–water partition coefficient (Wildman–Crippen LogP) is 4.24. The van der Waals surface area contributed by atoms with Crippen LogP contribution < -0.4 is 11.0 Å². The van der Waals surface area contributed by atoms with Crippen molar-refractivity contribution in [3.63, 3.8) is 0 Å². The summed E-state index contributed by atoms with van der Waals surface area (Å²) in [4.78, 5) is 26.7. The third-order valence-electron chi connectivity index (χ3n) is 6.56. The van der Waals surface area contributed by atoms with Gasteiger partial charge in [-0.05, 0) is 49.8 Å². The maximum Gasteiger partial charge on any atom is 0.264 e. The van der Waals surface area contributed by atoms with E-state index >= 15 is 0 Å². The maximum absolute atomic E-state index is 13.5. The number of hydrogen-bond donors (Lipinski definition) is 0. The highest BCUT2D eigenvalue weighted by Crippen LogP contribution is 2.40. The molecular formula is C22H24N2O2. The van der Waals surface area contributed by atoms with E-state index in [1.54, 1.807) is 0 Å². The quantitative estimate of drug-likeness (QED) is 0.650. The van der Waals surface area contributed by atoms with E-state index in [4.69, 9.17) is 0 Å². The van der Waals surface area contributed by atoms with E-state index in [1.165, 1.54) is 19.3 Å². The first-order valence-electron chi connectivity index (χ1n) is 9.83. The van der Waals surface area contributed by atoms with Crippen LogP contribution in [-0.2, 0) is 7.05 Å². The Balaban J connectivity index is 1.93. The van der Waals surface area contributed by atoms with Gasteiger partial charge in [-0.15, -0.1) is 0 Å². The summed E-state index contributed by atoms with van der Waals surface area (Å²) >= 11 is 0. The predicted molar refractivity (Wildman–Crippen MR) is 105 cm³/mol. The standard InChI is InChI=1S/C22H24N2O2/c1-23-17-12-5-4-11-16(17)21(25)20-19(23)13-18(14-7-6-8-14)24(22(20)26)15-9-2-3-10-15/h4-5,11-15H,2-3,6-10H2,1H3. The van der Waals surface area contributed by atoms with E-state index in [0.29, 0.717) is 16.7 Å². The lowest BCUT2D eigenvalue weighted by atomic mass is 9.82. The van der Waals surface area contributed by atoms with Crippen LogP contribution in [0.1, 0.15) is 62.6 Å². The Morgan fingerprint density at radius 2 is 1.65 bits per heavy atom. The lowest BCUT2D eigenvalue weighted by Crippen LogP contribution is -2.33. The Labute approximate surface area is 152 Å². The van der Waals surface area contributed by atoms with Crippen LogP contribution in [0.15, 0.2) is 39.9 Å². The van der Waals surface area contributed by atoms with Gasteiger partial charge >= 0.3 is 0 Å². The van der Waals surface area contributed by atoms with Gasteiger partial charge in [0.25, 0.3) is 5.56 Å². The summed E-state index contributed by atoms with van der Waals surface area (Å²) in [6.45, 7) is 0. The molecule has 2 aliphatic rings. The SMILES string of the molecule is Cn1c2ccccc2c(=O)c2c(=O)n(C3CCCC3)c(C3CCC3)cc21. The fourth-order valence-electron chi connectivity index (χ4n) is 4.89. The van der Waals surface area contributed by atoms with Crippen LogP contribution in [0, 0.1) is 0 Å². The number of benzene rings is 1. The highest BCUT2D eigenvalue weighted by atomic mass is 16.1. The van der Waals surface area contributed by atoms with Crippen LogP contribution in [0.5, 0.6) is 0 Å². The van der Waals surface area contributed by atoms with Crippen molar-refractivity contribution in [1.82, 2.24) is 9.13 Å². The van der Waals surface area contributed by atoms with Crippen LogP contribution >= 0.6 is 0 Å². The van der Waals surface area contributed by atoms with Gasteiger partial charge in [-0.25, -0.2) is 0 Å². The van der Waals surface area contributed by atoms with Crippen LogP contribution in [0.4, 0.5) is 0 Å². The van der Waals surface area contributed by atoms with Gasteiger partial charge < -0.3 is 9.13 Å². The first-order valence-corrected chi connectivity index (χ1v) is 9.83. The summed E-state index contributed by atoms with van der Waals surface area (Å²) in [6, 6.07) is 10.0. The van der Waals surface area contributed by atoms with Crippen molar-refractivity contribution >= 4 is 21.8 Å². The van der Waals surface area contributed by atoms with E-state index < -0.39 is 0 Å². The molecule has 4 heteroatoms. The molecule has 3 aromatic rings. The number of hydrogen-bond acceptors (Lipinski definition) is 2. The monoisotopic (exact) mass is 348 g/mol. The molecule has 0 unspecified atom stereocenters. The number of para-hydroxylation sites is 1. The zero-order valence-corrected chi connectivity index (χ0v) is 15.2. The van der Waals surface area contributed by atoms with Crippen LogP contribution in [0.2, 0.25) is 0 Å². The van der Waals surface area contributed by atoms with E-state index in [0.717, 1.165) is 42.4 Å². The van der Waals surface area contributed by atoms with Gasteiger partial charge in [-0.3, -0.25) is 9.59 Å². The summed E-state index contributed by atoms with van der Waals surface area (Å²) in [5, 5.41) is 0.995. The molecule has 0 atom stereocenters. The molecule has 2 heterocycles. The molecule has 0 aliphatic heterocycles. The minimum Gasteiger partial charge on any atom is -0.343 e. The lowest BCUT2D eigenvalue weighted by molar-refractivity contribution is 0.372. The van der Waals surface area contributed by atoms with Crippen molar-refractivity contribution in [1.29, 1.82) is 0 Å². The average Bonchev–Trinajstić information content (AvgIpc) is 3.12. The number of nitrogens with zero attached hydrogens (tertiary/aromatic N) is 2. The molecule has 0 N–H and O–H groups in total. The van der Waals surface area contributed by atoms with Crippen molar-refractivity contribution < 1.29 is 0 Å². The van der Waals surface area contributed by atoms with Crippen molar-refractivity contribution in [2.24, 2.45) is 7.05 Å². The minimum absolute atomic E-state index is 0.0670. The number of aryl methyl sites for hydroxylation is 1. The fourth-order valence-corrected chi connectivity index (χ4v) is 4.89. The highest BCUT2D eigenvalue weighted by molar-refractivity contribution is 5.93. The average molecular weight is 348 g/mol. The summed E-state index contributed by atoms with van der Waals surface area (Å²) in [7, 11) is 1.97. The molecule has 0 saturated heterocycles. The van der Waals surface area contributed by atoms with Crippen LogP contribution in [-0.4, -0.2) is 9.13 Å². The number of rotatable bonds is 2. The van der Waals surface area contributed by atoms with E-state index in [2.05, 4.69) is 6.07 Å². The van der Waals surface area contributed by atoms with Crippen LogP contribution in [0.3, 0.4) is 0 Å². The van der Waals surface area contributed by atoms with Gasteiger partial charge in [0.1, 0.15) is 5.39 Å². The highest BCUT2D eigenvalue weighted by Gasteiger charge is 2.29. The molecule has 2 aliphatic carbocycles. The molecule has 5 rings (SSSR count). The molecule has 4 nitrogen and oxygen atoms in total. The molecule has 1 aromatic carbocycles. The molecular weight excluding hydrogens is 324 g/mol. The number of fused-ring (bicyclic) bond motifs is 2. The van der Waals surface area contributed by atoms with Crippen molar-refractivity contribution in [3.05, 3.63) is 56.6 Å². The minimum atomic E-state index is -0.120. The van der Waals surface area contributed by atoms with E-state index in [9.17, 15) is 9.59 Å². The summed E-state index contributed by atoms with van der Waals surface area (Å²) in [6.07, 6.45) is 8.00. The molecule has 26 heavy (non-hydrogen) atoms. The Morgan fingerprint density at radius 3 is 2.35 bits per heavy atom. The Morgan fingerprint density at radius 1 is 0.923 bits per heavy atom.